The first-order chi connectivity index (χ1) is 10.3. The van der Waals surface area contributed by atoms with Crippen LogP contribution in [-0.2, 0) is 16.1 Å². The number of aromatic nitrogens is 1. The summed E-state index contributed by atoms with van der Waals surface area (Å²) in [6.07, 6.45) is 1.67. The summed E-state index contributed by atoms with van der Waals surface area (Å²) in [4.78, 5) is 15.6. The number of carbonyl (C=O) groups excluding carboxylic acids is 1. The number of nitrogens with zero attached hydrogens (tertiary/aromatic N) is 1. The van der Waals surface area contributed by atoms with Gasteiger partial charge in [0.1, 0.15) is 12.4 Å². The van der Waals surface area contributed by atoms with Gasteiger partial charge in [-0.3, -0.25) is 4.79 Å². The number of nitrogens with one attached hydrogen (secondary N) is 1. The van der Waals surface area contributed by atoms with Crippen molar-refractivity contribution >= 4 is 5.91 Å². The largest absolute Gasteiger partial charge is 0.439 e. The van der Waals surface area contributed by atoms with Gasteiger partial charge >= 0.3 is 0 Å². The Labute approximate surface area is 123 Å². The fraction of sp³-hybridized carbons (Fsp3) is 0.250. The Bertz CT molecular complexity index is 573. The summed E-state index contributed by atoms with van der Waals surface area (Å²) in [7, 11) is 0. The first-order valence-corrected chi connectivity index (χ1v) is 6.80. The first-order valence-electron chi connectivity index (χ1n) is 6.80. The highest BCUT2D eigenvalue weighted by Gasteiger charge is 2.03. The molecule has 0 radical (unpaired) electrons. The second-order valence-corrected chi connectivity index (χ2v) is 4.33. The summed E-state index contributed by atoms with van der Waals surface area (Å²) in [5.74, 6) is 1.09. The molecule has 0 aliphatic rings. The SMILES string of the molecule is CCOCC(=O)NCc1cccc(Oc2ccccn2)c1. The van der Waals surface area contributed by atoms with Crippen molar-refractivity contribution in [2.45, 2.75) is 13.5 Å². The van der Waals surface area contributed by atoms with E-state index in [1.807, 2.05) is 43.3 Å². The van der Waals surface area contributed by atoms with E-state index in [1.54, 1.807) is 12.3 Å². The minimum absolute atomic E-state index is 0.0840. The molecule has 0 fully saturated rings. The van der Waals surface area contributed by atoms with Gasteiger partial charge in [-0.25, -0.2) is 4.98 Å². The molecule has 1 aromatic heterocycles. The summed E-state index contributed by atoms with van der Waals surface area (Å²) in [6.45, 7) is 2.90. The predicted octanol–water partition coefficient (Wildman–Crippen LogP) is 2.53. The summed E-state index contributed by atoms with van der Waals surface area (Å²) in [5.41, 5.74) is 0.952. The van der Waals surface area contributed by atoms with E-state index in [0.717, 1.165) is 5.56 Å². The Morgan fingerprint density at radius 2 is 2.14 bits per heavy atom. The smallest absolute Gasteiger partial charge is 0.246 e. The highest BCUT2D eigenvalue weighted by atomic mass is 16.5. The zero-order valence-corrected chi connectivity index (χ0v) is 11.9. The number of rotatable bonds is 7. The molecule has 0 unspecified atom stereocenters. The second kappa shape index (κ2) is 8.01. The molecular formula is C16H18N2O3. The lowest BCUT2D eigenvalue weighted by atomic mass is 10.2. The lowest BCUT2D eigenvalue weighted by Gasteiger charge is -2.08. The minimum Gasteiger partial charge on any atom is -0.439 e. The number of hydrogen-bond acceptors (Lipinski definition) is 4. The Hall–Kier alpha value is -2.40. The molecule has 1 heterocycles. The van der Waals surface area contributed by atoms with Crippen LogP contribution < -0.4 is 10.1 Å². The first kappa shape index (κ1) is 15.0. The van der Waals surface area contributed by atoms with E-state index in [4.69, 9.17) is 9.47 Å². The van der Waals surface area contributed by atoms with Crippen LogP contribution in [0.1, 0.15) is 12.5 Å². The van der Waals surface area contributed by atoms with Crippen LogP contribution >= 0.6 is 0 Å². The predicted molar refractivity (Wildman–Crippen MR) is 79.1 cm³/mol. The van der Waals surface area contributed by atoms with Crippen molar-refractivity contribution < 1.29 is 14.3 Å². The maximum absolute atomic E-state index is 11.5. The van der Waals surface area contributed by atoms with Gasteiger partial charge in [0.15, 0.2) is 0 Å². The molecule has 5 nitrogen and oxygen atoms in total. The topological polar surface area (TPSA) is 60.5 Å². The molecule has 0 aliphatic heterocycles. The third kappa shape index (κ3) is 5.24. The molecule has 0 saturated carbocycles. The maximum Gasteiger partial charge on any atom is 0.246 e. The van der Waals surface area contributed by atoms with Crippen molar-refractivity contribution in [3.63, 3.8) is 0 Å². The van der Waals surface area contributed by atoms with Crippen LogP contribution in [0.15, 0.2) is 48.7 Å². The van der Waals surface area contributed by atoms with E-state index in [9.17, 15) is 4.79 Å². The molecule has 2 aromatic rings. The molecule has 0 spiro atoms. The molecule has 110 valence electrons. The van der Waals surface area contributed by atoms with Crippen LogP contribution in [-0.4, -0.2) is 24.1 Å². The van der Waals surface area contributed by atoms with Crippen molar-refractivity contribution in [1.82, 2.24) is 10.3 Å². The Balaban J connectivity index is 1.90. The minimum atomic E-state index is -0.132. The lowest BCUT2D eigenvalue weighted by molar-refractivity contribution is -0.125. The molecule has 21 heavy (non-hydrogen) atoms. The number of hydrogen-bond donors (Lipinski definition) is 1. The van der Waals surface area contributed by atoms with Crippen molar-refractivity contribution in [2.75, 3.05) is 13.2 Å². The van der Waals surface area contributed by atoms with E-state index < -0.39 is 0 Å². The third-order valence-corrected chi connectivity index (χ3v) is 2.69. The average Bonchev–Trinajstić information content (AvgIpc) is 2.52. The van der Waals surface area contributed by atoms with Gasteiger partial charge in [0, 0.05) is 25.4 Å². The van der Waals surface area contributed by atoms with Crippen LogP contribution in [0.2, 0.25) is 0 Å². The van der Waals surface area contributed by atoms with E-state index in [2.05, 4.69) is 10.3 Å². The molecule has 0 bridgehead atoms. The van der Waals surface area contributed by atoms with Gasteiger partial charge in [-0.15, -0.1) is 0 Å². The summed E-state index contributed by atoms with van der Waals surface area (Å²) >= 11 is 0. The number of pyridine rings is 1. The van der Waals surface area contributed by atoms with Gasteiger partial charge in [-0.1, -0.05) is 18.2 Å². The number of amides is 1. The molecule has 2 rings (SSSR count). The maximum atomic E-state index is 11.5. The monoisotopic (exact) mass is 286 g/mol. The molecule has 0 saturated heterocycles. The van der Waals surface area contributed by atoms with Gasteiger partial charge < -0.3 is 14.8 Å². The highest BCUT2D eigenvalue weighted by Crippen LogP contribution is 2.19. The van der Waals surface area contributed by atoms with Gasteiger partial charge in [-0.05, 0) is 30.7 Å². The lowest BCUT2D eigenvalue weighted by Crippen LogP contribution is -2.27. The van der Waals surface area contributed by atoms with Gasteiger partial charge in [0.05, 0.1) is 0 Å². The highest BCUT2D eigenvalue weighted by molar-refractivity contribution is 5.77. The number of carbonyl (C=O) groups is 1. The van der Waals surface area contributed by atoms with Gasteiger partial charge in [-0.2, -0.15) is 0 Å². The molecule has 1 amide bonds. The fourth-order valence-corrected chi connectivity index (χ4v) is 1.69. The Morgan fingerprint density at radius 3 is 2.90 bits per heavy atom. The van der Waals surface area contributed by atoms with E-state index >= 15 is 0 Å². The van der Waals surface area contributed by atoms with Crippen molar-refractivity contribution in [2.24, 2.45) is 0 Å². The average molecular weight is 286 g/mol. The molecule has 1 N–H and O–H groups in total. The van der Waals surface area contributed by atoms with Gasteiger partial charge in [0.2, 0.25) is 11.8 Å². The van der Waals surface area contributed by atoms with Crippen LogP contribution in [0, 0.1) is 0 Å². The summed E-state index contributed by atoms with van der Waals surface area (Å²) < 4.78 is 10.7. The molecule has 5 heteroatoms. The second-order valence-electron chi connectivity index (χ2n) is 4.33. The quantitative estimate of drug-likeness (QED) is 0.849. The van der Waals surface area contributed by atoms with Crippen LogP contribution in [0.4, 0.5) is 0 Å². The number of benzene rings is 1. The Morgan fingerprint density at radius 1 is 1.24 bits per heavy atom. The Kier molecular flexibility index (Phi) is 5.72. The summed E-state index contributed by atoms with van der Waals surface area (Å²) in [5, 5.41) is 2.79. The van der Waals surface area contributed by atoms with E-state index in [0.29, 0.717) is 24.8 Å². The normalized spacial score (nSPS) is 10.1. The fourth-order valence-electron chi connectivity index (χ4n) is 1.69. The van der Waals surface area contributed by atoms with E-state index in [-0.39, 0.29) is 12.5 Å². The van der Waals surface area contributed by atoms with Crippen LogP contribution in [0.25, 0.3) is 0 Å². The third-order valence-electron chi connectivity index (χ3n) is 2.69. The molecule has 1 aromatic carbocycles. The number of ether oxygens (including phenoxy) is 2. The van der Waals surface area contributed by atoms with Crippen LogP contribution in [0.5, 0.6) is 11.6 Å². The molecule has 0 atom stereocenters. The molecule has 0 aliphatic carbocycles. The standard InChI is InChI=1S/C16H18N2O3/c1-2-20-12-15(19)18-11-13-6-5-7-14(10-13)21-16-8-3-4-9-17-16/h3-10H,2,11-12H2,1H3,(H,18,19). The van der Waals surface area contributed by atoms with E-state index in [1.165, 1.54) is 0 Å². The van der Waals surface area contributed by atoms with Crippen molar-refractivity contribution in [1.29, 1.82) is 0 Å². The summed E-state index contributed by atoms with van der Waals surface area (Å²) in [6, 6.07) is 13.0. The zero-order chi connectivity index (χ0) is 14.9. The zero-order valence-electron chi connectivity index (χ0n) is 11.9. The van der Waals surface area contributed by atoms with Crippen molar-refractivity contribution in [3.05, 3.63) is 54.2 Å². The van der Waals surface area contributed by atoms with Crippen molar-refractivity contribution in [3.8, 4) is 11.6 Å². The molecular weight excluding hydrogens is 268 g/mol. The van der Waals surface area contributed by atoms with Gasteiger partial charge in [0.25, 0.3) is 0 Å². The van der Waals surface area contributed by atoms with Crippen LogP contribution in [0.3, 0.4) is 0 Å².